The largest absolute Gasteiger partial charge is 0.357 e. The molecule has 0 fully saturated rings. The standard InChI is InChI=1S/C16H25N3O3/c1-8(2)7-12(15(21)17-6)19-16(22)14-9(3)13(11(5)20)10(4)18-14/h8,12,18H,7H2,1-6H3,(H,17,21)(H,19,22). The maximum Gasteiger partial charge on any atom is 0.268 e. The molecule has 1 atom stereocenters. The molecule has 0 radical (unpaired) electrons. The fourth-order valence-electron chi connectivity index (χ4n) is 2.61. The molecule has 0 saturated carbocycles. The third-order valence-corrected chi connectivity index (χ3v) is 3.59. The normalized spacial score (nSPS) is 12.1. The summed E-state index contributed by atoms with van der Waals surface area (Å²) in [5.41, 5.74) is 2.14. The van der Waals surface area contributed by atoms with Crippen molar-refractivity contribution in [3.8, 4) is 0 Å². The number of carbonyl (C=O) groups is 3. The van der Waals surface area contributed by atoms with Crippen LogP contribution in [0.25, 0.3) is 0 Å². The van der Waals surface area contributed by atoms with Crippen LogP contribution in [0.1, 0.15) is 59.3 Å². The lowest BCUT2D eigenvalue weighted by Gasteiger charge is -2.19. The summed E-state index contributed by atoms with van der Waals surface area (Å²) < 4.78 is 0. The van der Waals surface area contributed by atoms with Crippen LogP contribution in [0, 0.1) is 19.8 Å². The molecule has 1 unspecified atom stereocenters. The third-order valence-electron chi connectivity index (χ3n) is 3.59. The van der Waals surface area contributed by atoms with Crippen molar-refractivity contribution in [2.24, 2.45) is 5.92 Å². The number of ketones is 1. The zero-order chi connectivity index (χ0) is 17.0. The molecule has 22 heavy (non-hydrogen) atoms. The van der Waals surface area contributed by atoms with Gasteiger partial charge in [0, 0.05) is 18.3 Å². The van der Waals surface area contributed by atoms with Crippen LogP contribution < -0.4 is 10.6 Å². The maximum atomic E-state index is 12.4. The number of Topliss-reactive ketones (excluding diaryl/α,β-unsaturated/α-hetero) is 1. The quantitative estimate of drug-likeness (QED) is 0.699. The van der Waals surface area contributed by atoms with Crippen molar-refractivity contribution < 1.29 is 14.4 Å². The average Bonchev–Trinajstić information content (AvgIpc) is 2.71. The third kappa shape index (κ3) is 3.96. The Morgan fingerprint density at radius 1 is 1.18 bits per heavy atom. The molecular weight excluding hydrogens is 282 g/mol. The molecule has 122 valence electrons. The summed E-state index contributed by atoms with van der Waals surface area (Å²) in [6, 6.07) is -0.596. The SMILES string of the molecule is CNC(=O)C(CC(C)C)NC(=O)c1[nH]c(C)c(C(C)=O)c1C. The first-order valence-electron chi connectivity index (χ1n) is 7.41. The number of aryl methyl sites for hydroxylation is 1. The minimum Gasteiger partial charge on any atom is -0.357 e. The van der Waals surface area contributed by atoms with Gasteiger partial charge in [0.2, 0.25) is 5.91 Å². The number of aromatic nitrogens is 1. The van der Waals surface area contributed by atoms with Crippen molar-refractivity contribution in [1.82, 2.24) is 15.6 Å². The zero-order valence-electron chi connectivity index (χ0n) is 14.1. The van der Waals surface area contributed by atoms with Crippen molar-refractivity contribution >= 4 is 17.6 Å². The zero-order valence-corrected chi connectivity index (χ0v) is 14.1. The van der Waals surface area contributed by atoms with Crippen molar-refractivity contribution in [2.45, 2.75) is 47.1 Å². The van der Waals surface area contributed by atoms with E-state index in [1.165, 1.54) is 6.92 Å². The number of nitrogens with one attached hydrogen (secondary N) is 3. The summed E-state index contributed by atoms with van der Waals surface area (Å²) in [5.74, 6) is -0.422. The van der Waals surface area contributed by atoms with Gasteiger partial charge in [0.1, 0.15) is 11.7 Å². The lowest BCUT2D eigenvalue weighted by atomic mass is 10.0. The van der Waals surface area contributed by atoms with Crippen molar-refractivity contribution in [3.05, 3.63) is 22.5 Å². The Bertz CT molecular complexity index is 588. The Hall–Kier alpha value is -2.11. The van der Waals surface area contributed by atoms with Crippen LogP contribution in [0.15, 0.2) is 0 Å². The number of hydrogen-bond acceptors (Lipinski definition) is 3. The smallest absolute Gasteiger partial charge is 0.268 e. The molecule has 1 aromatic rings. The van der Waals surface area contributed by atoms with E-state index in [4.69, 9.17) is 0 Å². The summed E-state index contributed by atoms with van der Waals surface area (Å²) >= 11 is 0. The lowest BCUT2D eigenvalue weighted by molar-refractivity contribution is -0.122. The van der Waals surface area contributed by atoms with Crippen LogP contribution in [-0.4, -0.2) is 35.7 Å². The molecule has 1 rings (SSSR count). The molecule has 6 heteroatoms. The summed E-state index contributed by atoms with van der Waals surface area (Å²) in [4.78, 5) is 38.9. The second-order valence-electron chi connectivity index (χ2n) is 5.95. The fourth-order valence-corrected chi connectivity index (χ4v) is 2.61. The molecule has 6 nitrogen and oxygen atoms in total. The number of H-pyrrole nitrogens is 1. The second-order valence-corrected chi connectivity index (χ2v) is 5.95. The van der Waals surface area contributed by atoms with E-state index in [0.717, 1.165) is 0 Å². The first-order chi connectivity index (χ1) is 10.2. The molecule has 0 bridgehead atoms. The van der Waals surface area contributed by atoms with E-state index in [2.05, 4.69) is 15.6 Å². The van der Waals surface area contributed by atoms with Crippen molar-refractivity contribution in [2.75, 3.05) is 7.05 Å². The van der Waals surface area contributed by atoms with Crippen molar-refractivity contribution in [1.29, 1.82) is 0 Å². The van der Waals surface area contributed by atoms with Gasteiger partial charge in [0.25, 0.3) is 5.91 Å². The minimum absolute atomic E-state index is 0.0877. The van der Waals surface area contributed by atoms with E-state index < -0.39 is 6.04 Å². The highest BCUT2D eigenvalue weighted by molar-refractivity contribution is 6.03. The number of hydrogen-bond donors (Lipinski definition) is 3. The van der Waals surface area contributed by atoms with E-state index in [0.29, 0.717) is 28.9 Å². The van der Waals surface area contributed by atoms with Crippen LogP contribution in [0.3, 0.4) is 0 Å². The number of amides is 2. The Labute approximate surface area is 131 Å². The van der Waals surface area contributed by atoms with Gasteiger partial charge >= 0.3 is 0 Å². The van der Waals surface area contributed by atoms with E-state index in [9.17, 15) is 14.4 Å². The molecule has 1 aromatic heterocycles. The Morgan fingerprint density at radius 2 is 1.77 bits per heavy atom. The molecule has 1 heterocycles. The summed E-state index contributed by atoms with van der Waals surface area (Å²) in [6.45, 7) is 8.92. The first kappa shape index (κ1) is 17.9. The summed E-state index contributed by atoms with van der Waals surface area (Å²) in [7, 11) is 1.54. The first-order valence-corrected chi connectivity index (χ1v) is 7.41. The molecule has 0 saturated heterocycles. The van der Waals surface area contributed by atoms with Gasteiger partial charge in [-0.15, -0.1) is 0 Å². The van der Waals surface area contributed by atoms with Crippen LogP contribution in [-0.2, 0) is 4.79 Å². The molecule has 0 aromatic carbocycles. The monoisotopic (exact) mass is 307 g/mol. The van der Waals surface area contributed by atoms with Crippen LogP contribution >= 0.6 is 0 Å². The van der Waals surface area contributed by atoms with Crippen LogP contribution in [0.5, 0.6) is 0 Å². The highest BCUT2D eigenvalue weighted by Crippen LogP contribution is 2.18. The van der Waals surface area contributed by atoms with Gasteiger partial charge in [0.05, 0.1) is 0 Å². The van der Waals surface area contributed by atoms with Crippen LogP contribution in [0.2, 0.25) is 0 Å². The van der Waals surface area contributed by atoms with Gasteiger partial charge in [0.15, 0.2) is 5.78 Å². The van der Waals surface area contributed by atoms with Crippen LogP contribution in [0.4, 0.5) is 0 Å². The summed E-state index contributed by atoms with van der Waals surface area (Å²) in [5, 5.41) is 5.30. The number of rotatable bonds is 6. The molecule has 3 N–H and O–H groups in total. The van der Waals surface area contributed by atoms with Crippen molar-refractivity contribution in [3.63, 3.8) is 0 Å². The predicted molar refractivity (Wildman–Crippen MR) is 85.0 cm³/mol. The molecular formula is C16H25N3O3. The number of aromatic amines is 1. The van der Waals surface area contributed by atoms with E-state index in [-0.39, 0.29) is 23.5 Å². The van der Waals surface area contributed by atoms with Gasteiger partial charge in [-0.2, -0.15) is 0 Å². The molecule has 0 aliphatic carbocycles. The molecule has 0 spiro atoms. The molecule has 0 aliphatic rings. The molecule has 0 aliphatic heterocycles. The van der Waals surface area contributed by atoms with Gasteiger partial charge in [-0.05, 0) is 38.7 Å². The highest BCUT2D eigenvalue weighted by Gasteiger charge is 2.25. The average molecular weight is 307 g/mol. The van der Waals surface area contributed by atoms with E-state index >= 15 is 0 Å². The Kier molecular flexibility index (Phi) is 5.91. The van der Waals surface area contributed by atoms with Gasteiger partial charge in [-0.3, -0.25) is 14.4 Å². The fraction of sp³-hybridized carbons (Fsp3) is 0.562. The van der Waals surface area contributed by atoms with E-state index in [1.807, 2.05) is 13.8 Å². The van der Waals surface area contributed by atoms with Gasteiger partial charge in [-0.25, -0.2) is 0 Å². The van der Waals surface area contributed by atoms with Gasteiger partial charge in [-0.1, -0.05) is 13.8 Å². The highest BCUT2D eigenvalue weighted by atomic mass is 16.2. The summed E-state index contributed by atoms with van der Waals surface area (Å²) in [6.07, 6.45) is 0.545. The maximum absolute atomic E-state index is 12.4. The molecule has 2 amide bonds. The number of likely N-dealkylation sites (N-methyl/N-ethyl adjacent to an activating group) is 1. The Balaban J connectivity index is 3.02. The number of carbonyl (C=O) groups excluding carboxylic acids is 3. The predicted octanol–water partition coefficient (Wildman–Crippen LogP) is 1.72. The minimum atomic E-state index is -0.596. The topological polar surface area (TPSA) is 91.1 Å². The Morgan fingerprint density at radius 3 is 2.18 bits per heavy atom. The van der Waals surface area contributed by atoms with Gasteiger partial charge < -0.3 is 15.6 Å². The van der Waals surface area contributed by atoms with E-state index in [1.54, 1.807) is 20.9 Å². The lowest BCUT2D eigenvalue weighted by Crippen LogP contribution is -2.46. The second kappa shape index (κ2) is 7.24.